The van der Waals surface area contributed by atoms with E-state index in [0.717, 1.165) is 19.3 Å². The molecular weight excluding hydrogens is 821 g/mol. The van der Waals surface area contributed by atoms with Crippen molar-refractivity contribution in [3.63, 3.8) is 0 Å². The SMILES string of the molecule is CC(=O)OC1COC(OC2CCC3(C)C(C(OC4OCC(O)C(O)C4O)CC4C5(C)CC(O)C(C6(C)CCC(C(C)(C)O)O6)C5(C)CCC43C)C2(C)C)C(OC(C)=O)C1OC(C)=O. The highest BCUT2D eigenvalue weighted by molar-refractivity contribution is 5.68. The molecule has 0 aromatic heterocycles. The molecule has 7 fully saturated rings. The molecule has 0 aromatic carbocycles. The fraction of sp³-hybridized carbons (Fsp3) is 0.936. The lowest BCUT2D eigenvalue weighted by molar-refractivity contribution is -0.347. The molecule has 3 aliphatic heterocycles. The first kappa shape index (κ1) is 48.9. The van der Waals surface area contributed by atoms with Gasteiger partial charge in [-0.05, 0) is 111 Å². The maximum atomic E-state index is 12.6. The Morgan fingerprint density at radius 1 is 0.619 bits per heavy atom. The lowest BCUT2D eigenvalue weighted by atomic mass is 9.32. The van der Waals surface area contributed by atoms with Crippen LogP contribution in [0.5, 0.6) is 0 Å². The quantitative estimate of drug-likeness (QED) is 0.126. The fourth-order valence-corrected chi connectivity index (χ4v) is 15.1. The number of hydrogen-bond donors (Lipinski definition) is 5. The number of carbonyl (C=O) groups is 3. The van der Waals surface area contributed by atoms with E-state index in [4.69, 9.17) is 37.9 Å². The van der Waals surface area contributed by atoms with Crippen molar-refractivity contribution >= 4 is 17.9 Å². The zero-order valence-corrected chi connectivity index (χ0v) is 39.5. The number of aliphatic hydroxyl groups is 5. The predicted molar refractivity (Wildman–Crippen MR) is 223 cm³/mol. The summed E-state index contributed by atoms with van der Waals surface area (Å²) in [5.74, 6) is -2.43. The van der Waals surface area contributed by atoms with Crippen LogP contribution < -0.4 is 0 Å². The van der Waals surface area contributed by atoms with Crippen molar-refractivity contribution in [2.75, 3.05) is 13.2 Å². The van der Waals surface area contributed by atoms with Crippen LogP contribution in [0.2, 0.25) is 0 Å². The number of ether oxygens (including phenoxy) is 8. The van der Waals surface area contributed by atoms with E-state index < -0.39 is 113 Å². The van der Waals surface area contributed by atoms with Gasteiger partial charge in [-0.25, -0.2) is 0 Å². The molecular formula is C47H76O16. The molecule has 20 unspecified atom stereocenters. The molecule has 0 spiro atoms. The minimum absolute atomic E-state index is 0.00645. The highest BCUT2D eigenvalue weighted by atomic mass is 16.7. The van der Waals surface area contributed by atoms with Crippen LogP contribution in [0.1, 0.15) is 134 Å². The van der Waals surface area contributed by atoms with E-state index in [0.29, 0.717) is 32.1 Å². The van der Waals surface area contributed by atoms with Gasteiger partial charge in [0, 0.05) is 26.7 Å². The van der Waals surface area contributed by atoms with E-state index >= 15 is 0 Å². The summed E-state index contributed by atoms with van der Waals surface area (Å²) < 4.78 is 49.6. The Labute approximate surface area is 372 Å². The summed E-state index contributed by atoms with van der Waals surface area (Å²) in [4.78, 5) is 37.0. The van der Waals surface area contributed by atoms with Crippen LogP contribution in [-0.2, 0) is 52.3 Å². The van der Waals surface area contributed by atoms with E-state index in [1.54, 1.807) is 13.8 Å². The van der Waals surface area contributed by atoms with Gasteiger partial charge in [0.1, 0.15) is 18.3 Å². The Kier molecular flexibility index (Phi) is 12.9. The van der Waals surface area contributed by atoms with Gasteiger partial charge in [0.15, 0.2) is 30.9 Å². The molecule has 16 nitrogen and oxygen atoms in total. The molecule has 7 rings (SSSR count). The van der Waals surface area contributed by atoms with Gasteiger partial charge in [0.2, 0.25) is 0 Å². The molecule has 0 aromatic rings. The second-order valence-corrected chi connectivity index (χ2v) is 22.7. The Balaban J connectivity index is 1.25. The van der Waals surface area contributed by atoms with Gasteiger partial charge in [-0.2, -0.15) is 0 Å². The molecule has 360 valence electrons. The summed E-state index contributed by atoms with van der Waals surface area (Å²) in [6.07, 6.45) is -6.98. The van der Waals surface area contributed by atoms with Gasteiger partial charge in [0.25, 0.3) is 0 Å². The Morgan fingerprint density at radius 2 is 1.21 bits per heavy atom. The predicted octanol–water partition coefficient (Wildman–Crippen LogP) is 3.71. The Hall–Kier alpha value is -1.99. The van der Waals surface area contributed by atoms with Gasteiger partial charge in [-0.3, -0.25) is 14.4 Å². The highest BCUT2D eigenvalue weighted by Crippen LogP contribution is 2.79. The van der Waals surface area contributed by atoms with Gasteiger partial charge in [-0.1, -0.05) is 41.5 Å². The third kappa shape index (κ3) is 7.99. The molecule has 7 aliphatic rings. The Bertz CT molecular complexity index is 1730. The number of esters is 3. The fourth-order valence-electron chi connectivity index (χ4n) is 15.1. The van der Waals surface area contributed by atoms with Crippen LogP contribution >= 0.6 is 0 Å². The first-order valence-corrected chi connectivity index (χ1v) is 23.2. The van der Waals surface area contributed by atoms with Crippen LogP contribution in [0.3, 0.4) is 0 Å². The smallest absolute Gasteiger partial charge is 0.303 e. The Morgan fingerprint density at radius 3 is 1.81 bits per heavy atom. The first-order valence-electron chi connectivity index (χ1n) is 23.2. The molecule has 0 radical (unpaired) electrons. The van der Waals surface area contributed by atoms with Crippen LogP contribution in [0, 0.1) is 44.8 Å². The van der Waals surface area contributed by atoms with Crippen LogP contribution in [0.15, 0.2) is 0 Å². The minimum atomic E-state index is -1.52. The van der Waals surface area contributed by atoms with Gasteiger partial charge in [0.05, 0.1) is 48.8 Å². The van der Waals surface area contributed by atoms with E-state index in [1.165, 1.54) is 20.8 Å². The second-order valence-electron chi connectivity index (χ2n) is 22.7. The molecule has 4 aliphatic carbocycles. The van der Waals surface area contributed by atoms with Crippen LogP contribution in [0.25, 0.3) is 0 Å². The molecule has 0 amide bonds. The molecule has 0 bridgehead atoms. The van der Waals surface area contributed by atoms with Crippen molar-refractivity contribution in [3.05, 3.63) is 0 Å². The number of hydrogen-bond acceptors (Lipinski definition) is 16. The highest BCUT2D eigenvalue weighted by Gasteiger charge is 2.77. The average Bonchev–Trinajstić information content (AvgIpc) is 3.66. The maximum absolute atomic E-state index is 12.6. The third-order valence-electron chi connectivity index (χ3n) is 18.2. The van der Waals surface area contributed by atoms with Gasteiger partial charge < -0.3 is 63.4 Å². The number of aliphatic hydroxyl groups excluding tert-OH is 4. The van der Waals surface area contributed by atoms with Crippen LogP contribution in [-0.4, -0.2) is 141 Å². The topological polar surface area (TPSA) is 226 Å². The van der Waals surface area contributed by atoms with Crippen molar-refractivity contribution in [3.8, 4) is 0 Å². The van der Waals surface area contributed by atoms with E-state index in [2.05, 4.69) is 48.5 Å². The zero-order valence-electron chi connectivity index (χ0n) is 39.5. The zero-order chi connectivity index (χ0) is 46.6. The monoisotopic (exact) mass is 897 g/mol. The lowest BCUT2D eigenvalue weighted by Gasteiger charge is -2.73. The van der Waals surface area contributed by atoms with E-state index in [1.807, 2.05) is 0 Å². The molecule has 4 saturated carbocycles. The summed E-state index contributed by atoms with van der Waals surface area (Å²) >= 11 is 0. The molecule has 5 N–H and O–H groups in total. The molecule has 63 heavy (non-hydrogen) atoms. The average molecular weight is 897 g/mol. The molecule has 3 saturated heterocycles. The van der Waals surface area contributed by atoms with Crippen molar-refractivity contribution in [2.45, 2.75) is 219 Å². The maximum Gasteiger partial charge on any atom is 0.303 e. The van der Waals surface area contributed by atoms with Crippen LogP contribution in [0.4, 0.5) is 0 Å². The molecule has 3 heterocycles. The number of carbonyl (C=O) groups excluding carboxylic acids is 3. The number of fused-ring (bicyclic) bond motifs is 5. The summed E-state index contributed by atoms with van der Waals surface area (Å²) in [6.45, 7) is 22.5. The standard InChI is InChI=1S/C47H76O16/c1-23(48)58-29-22-57-40(36(60-25(3)50)35(29)59-24(2)49)62-31-13-15-44(9)38(41(31,4)5)28(61-39-34(54)33(53)27(52)21-56-39)19-30-43(44,8)17-18-45(10)37(26(51)20-46(30,45)11)47(12)16-14-32(63-47)42(6,7)55/h26-40,51-55H,13-22H2,1-12H3. The van der Waals surface area contributed by atoms with Gasteiger partial charge >= 0.3 is 17.9 Å². The minimum Gasteiger partial charge on any atom is -0.456 e. The summed E-state index contributed by atoms with van der Waals surface area (Å²) in [7, 11) is 0. The van der Waals surface area contributed by atoms with E-state index in [-0.39, 0.29) is 47.9 Å². The second kappa shape index (κ2) is 16.7. The normalized spacial score (nSPS) is 50.7. The summed E-state index contributed by atoms with van der Waals surface area (Å²) in [5, 5.41) is 55.9. The first-order chi connectivity index (χ1) is 29.0. The van der Waals surface area contributed by atoms with E-state index in [9.17, 15) is 39.9 Å². The molecule has 20 atom stereocenters. The van der Waals surface area contributed by atoms with Crippen molar-refractivity contribution in [1.82, 2.24) is 0 Å². The van der Waals surface area contributed by atoms with Crippen molar-refractivity contribution < 1.29 is 77.8 Å². The van der Waals surface area contributed by atoms with Crippen molar-refractivity contribution in [2.24, 2.45) is 44.8 Å². The summed E-state index contributed by atoms with van der Waals surface area (Å²) in [6, 6.07) is 0. The molecule has 16 heteroatoms. The third-order valence-corrected chi connectivity index (χ3v) is 18.2. The van der Waals surface area contributed by atoms with Crippen molar-refractivity contribution in [1.29, 1.82) is 0 Å². The van der Waals surface area contributed by atoms with Gasteiger partial charge in [-0.15, -0.1) is 0 Å². The largest absolute Gasteiger partial charge is 0.456 e. The summed E-state index contributed by atoms with van der Waals surface area (Å²) in [5.41, 5.74) is -3.90. The lowest BCUT2D eigenvalue weighted by Crippen LogP contribution is -2.71. The number of rotatable bonds is 9.